The van der Waals surface area contributed by atoms with Crippen molar-refractivity contribution in [3.63, 3.8) is 0 Å². The molecule has 5 rings (SSSR count). The minimum atomic E-state index is 0.301. The predicted octanol–water partition coefficient (Wildman–Crippen LogP) is 2.04. The van der Waals surface area contributed by atoms with Crippen LogP contribution in [0.5, 0.6) is 5.75 Å². The van der Waals surface area contributed by atoms with Crippen LogP contribution in [0.2, 0.25) is 0 Å². The maximum Gasteiger partial charge on any atom is 0.122 e. The summed E-state index contributed by atoms with van der Waals surface area (Å²) in [6.45, 7) is 1.22. The van der Waals surface area contributed by atoms with E-state index >= 15 is 0 Å². The van der Waals surface area contributed by atoms with Crippen molar-refractivity contribution >= 4 is 0 Å². The van der Waals surface area contributed by atoms with Gasteiger partial charge in [-0.1, -0.05) is 12.1 Å². The number of rotatable bonds is 2. The maximum absolute atomic E-state index is 9.28. The van der Waals surface area contributed by atoms with E-state index in [0.29, 0.717) is 17.4 Å². The lowest BCUT2D eigenvalue weighted by atomic mass is 9.34. The van der Waals surface area contributed by atoms with Crippen LogP contribution in [0.25, 0.3) is 0 Å². The Morgan fingerprint density at radius 3 is 2.81 bits per heavy atom. The molecule has 16 heavy (non-hydrogen) atoms. The first-order valence-electron chi connectivity index (χ1n) is 6.13. The lowest BCUT2D eigenvalue weighted by Gasteiger charge is -2.70. The topological polar surface area (TPSA) is 29.5 Å². The molecule has 0 atom stereocenters. The van der Waals surface area contributed by atoms with Gasteiger partial charge in [0.15, 0.2) is 0 Å². The number of aliphatic hydroxyl groups is 1. The van der Waals surface area contributed by atoms with Crippen molar-refractivity contribution < 1.29 is 9.84 Å². The zero-order chi connectivity index (χ0) is 10.8. The molecule has 3 fully saturated rings. The third-order valence-corrected chi connectivity index (χ3v) is 4.78. The first-order valence-corrected chi connectivity index (χ1v) is 6.13. The third-order valence-electron chi connectivity index (χ3n) is 4.78. The van der Waals surface area contributed by atoms with Gasteiger partial charge in [-0.25, -0.2) is 0 Å². The van der Waals surface area contributed by atoms with Gasteiger partial charge in [0.25, 0.3) is 0 Å². The predicted molar refractivity (Wildman–Crippen MR) is 60.7 cm³/mol. The van der Waals surface area contributed by atoms with Crippen LogP contribution >= 0.6 is 0 Å². The number of benzene rings is 1. The van der Waals surface area contributed by atoms with E-state index < -0.39 is 0 Å². The molecule has 2 bridgehead atoms. The average Bonchev–Trinajstić information content (AvgIpc) is 2.61. The van der Waals surface area contributed by atoms with Gasteiger partial charge in [-0.2, -0.15) is 0 Å². The molecule has 0 spiro atoms. The SMILES string of the molecule is OCC12CC(c3ccc4c(c3)CCO4)(C1)C2. The number of hydrogen-bond donors (Lipinski definition) is 1. The lowest BCUT2D eigenvalue weighted by Crippen LogP contribution is -2.66. The van der Waals surface area contributed by atoms with Gasteiger partial charge in [-0.15, -0.1) is 0 Å². The van der Waals surface area contributed by atoms with Gasteiger partial charge in [0, 0.05) is 13.0 Å². The summed E-state index contributed by atoms with van der Waals surface area (Å²) in [6, 6.07) is 6.69. The highest BCUT2D eigenvalue weighted by molar-refractivity contribution is 5.46. The van der Waals surface area contributed by atoms with Crippen LogP contribution in [0.4, 0.5) is 0 Å². The second-order valence-electron chi connectivity index (χ2n) is 5.89. The summed E-state index contributed by atoms with van der Waals surface area (Å²) in [4.78, 5) is 0. The summed E-state index contributed by atoms with van der Waals surface area (Å²) < 4.78 is 5.53. The van der Waals surface area contributed by atoms with Gasteiger partial charge < -0.3 is 9.84 Å². The molecule has 1 heterocycles. The van der Waals surface area contributed by atoms with E-state index in [9.17, 15) is 5.11 Å². The van der Waals surface area contributed by atoms with Crippen molar-refractivity contribution in [2.75, 3.05) is 13.2 Å². The van der Waals surface area contributed by atoms with E-state index in [-0.39, 0.29) is 0 Å². The second kappa shape index (κ2) is 2.62. The average molecular weight is 216 g/mol. The van der Waals surface area contributed by atoms with E-state index in [2.05, 4.69) is 18.2 Å². The van der Waals surface area contributed by atoms with E-state index in [4.69, 9.17) is 4.74 Å². The molecule has 0 amide bonds. The zero-order valence-electron chi connectivity index (χ0n) is 9.33. The van der Waals surface area contributed by atoms with Gasteiger partial charge in [0.1, 0.15) is 5.75 Å². The molecule has 1 aromatic rings. The fourth-order valence-electron chi connectivity index (χ4n) is 3.99. The smallest absolute Gasteiger partial charge is 0.122 e. The molecule has 1 aliphatic heterocycles. The number of ether oxygens (including phenoxy) is 1. The quantitative estimate of drug-likeness (QED) is 0.819. The summed E-state index contributed by atoms with van der Waals surface area (Å²) in [5, 5.41) is 9.28. The highest BCUT2D eigenvalue weighted by Crippen LogP contribution is 2.73. The van der Waals surface area contributed by atoms with Crippen molar-refractivity contribution in [1.29, 1.82) is 0 Å². The molecule has 0 aromatic heterocycles. The van der Waals surface area contributed by atoms with Crippen LogP contribution in [0, 0.1) is 5.41 Å². The largest absolute Gasteiger partial charge is 0.493 e. The Labute approximate surface area is 95.2 Å². The van der Waals surface area contributed by atoms with Gasteiger partial charge in [-0.3, -0.25) is 0 Å². The summed E-state index contributed by atoms with van der Waals surface area (Å²) in [6.07, 6.45) is 4.63. The molecular weight excluding hydrogens is 200 g/mol. The first-order chi connectivity index (χ1) is 7.75. The Morgan fingerprint density at radius 2 is 2.06 bits per heavy atom. The standard InChI is InChI=1S/C14H16O2/c15-9-13-6-14(7-13,8-13)11-1-2-12-10(5-11)3-4-16-12/h1-2,5,15H,3-4,6-9H2. The van der Waals surface area contributed by atoms with Crippen molar-refractivity contribution in [2.45, 2.75) is 31.1 Å². The summed E-state index contributed by atoms with van der Waals surface area (Å²) in [5.74, 6) is 1.08. The Kier molecular flexibility index (Phi) is 1.48. The molecule has 1 N–H and O–H groups in total. The van der Waals surface area contributed by atoms with Gasteiger partial charge >= 0.3 is 0 Å². The molecule has 0 saturated heterocycles. The molecule has 4 aliphatic rings. The van der Waals surface area contributed by atoms with Gasteiger partial charge in [-0.05, 0) is 47.3 Å². The van der Waals surface area contributed by atoms with Crippen LogP contribution in [-0.4, -0.2) is 18.3 Å². The van der Waals surface area contributed by atoms with E-state index in [0.717, 1.165) is 18.8 Å². The van der Waals surface area contributed by atoms with Crippen LogP contribution < -0.4 is 4.74 Å². The molecule has 3 saturated carbocycles. The molecule has 2 heteroatoms. The normalized spacial score (nSPS) is 38.3. The monoisotopic (exact) mass is 216 g/mol. The third kappa shape index (κ3) is 0.921. The van der Waals surface area contributed by atoms with E-state index in [1.807, 2.05) is 0 Å². The van der Waals surface area contributed by atoms with Gasteiger partial charge in [0.05, 0.1) is 6.61 Å². The van der Waals surface area contributed by atoms with Crippen molar-refractivity contribution in [1.82, 2.24) is 0 Å². The minimum absolute atomic E-state index is 0.301. The number of aliphatic hydroxyl groups excluding tert-OH is 1. The van der Waals surface area contributed by atoms with Crippen LogP contribution in [0.1, 0.15) is 30.4 Å². The summed E-state index contributed by atoms with van der Waals surface area (Å²) in [7, 11) is 0. The van der Waals surface area contributed by atoms with Crippen molar-refractivity contribution in [3.8, 4) is 5.75 Å². The van der Waals surface area contributed by atoms with Crippen LogP contribution in [0.3, 0.4) is 0 Å². The first kappa shape index (κ1) is 9.06. The Bertz CT molecular complexity index is 444. The second-order valence-corrected chi connectivity index (χ2v) is 5.89. The highest BCUT2D eigenvalue weighted by Gasteiger charge is 2.67. The molecule has 3 aliphatic carbocycles. The summed E-state index contributed by atoms with van der Waals surface area (Å²) in [5.41, 5.74) is 3.57. The fraction of sp³-hybridized carbons (Fsp3) is 0.571. The summed E-state index contributed by atoms with van der Waals surface area (Å²) >= 11 is 0. The van der Waals surface area contributed by atoms with Crippen molar-refractivity contribution in [2.24, 2.45) is 5.41 Å². The van der Waals surface area contributed by atoms with E-state index in [1.54, 1.807) is 0 Å². The Balaban J connectivity index is 1.66. The molecule has 84 valence electrons. The molecular formula is C14H16O2. The van der Waals surface area contributed by atoms with E-state index in [1.165, 1.54) is 30.4 Å². The zero-order valence-corrected chi connectivity index (χ0v) is 9.33. The van der Waals surface area contributed by atoms with Crippen LogP contribution in [0.15, 0.2) is 18.2 Å². The Hall–Kier alpha value is -1.02. The maximum atomic E-state index is 9.28. The Morgan fingerprint density at radius 1 is 1.25 bits per heavy atom. The minimum Gasteiger partial charge on any atom is -0.493 e. The number of hydrogen-bond acceptors (Lipinski definition) is 2. The molecule has 0 radical (unpaired) electrons. The molecule has 1 aromatic carbocycles. The molecule has 0 unspecified atom stereocenters. The lowest BCUT2D eigenvalue weighted by molar-refractivity contribution is -0.167. The fourth-order valence-corrected chi connectivity index (χ4v) is 3.99. The number of fused-ring (bicyclic) bond motifs is 1. The van der Waals surface area contributed by atoms with Crippen LogP contribution in [-0.2, 0) is 11.8 Å². The molecule has 2 nitrogen and oxygen atoms in total. The van der Waals surface area contributed by atoms with Crippen molar-refractivity contribution in [3.05, 3.63) is 29.3 Å². The highest BCUT2D eigenvalue weighted by atomic mass is 16.5. The van der Waals surface area contributed by atoms with Gasteiger partial charge in [0.2, 0.25) is 0 Å².